The number of carbonyl (C=O) groups is 2. The molecule has 2 aliphatic rings. The molecule has 154 valence electrons. The van der Waals surface area contributed by atoms with E-state index in [0.717, 1.165) is 16.8 Å². The minimum absolute atomic E-state index is 0.0515. The van der Waals surface area contributed by atoms with E-state index in [1.807, 2.05) is 37.3 Å². The van der Waals surface area contributed by atoms with Gasteiger partial charge in [0.2, 0.25) is 0 Å². The number of allylic oxidation sites excluding steroid dienone is 2. The number of rotatable bonds is 4. The molecule has 3 atom stereocenters. The molecular formula is C25H24ClNO3. The third kappa shape index (κ3) is 3.84. The van der Waals surface area contributed by atoms with Crippen LogP contribution in [0.5, 0.6) is 0 Å². The van der Waals surface area contributed by atoms with E-state index in [0.29, 0.717) is 29.1 Å². The fraction of sp³-hybridized carbons (Fsp3) is 0.320. The lowest BCUT2D eigenvalue weighted by Gasteiger charge is -2.36. The number of ether oxygens (including phenoxy) is 1. The molecule has 0 saturated heterocycles. The minimum Gasteiger partial charge on any atom is -0.465 e. The van der Waals surface area contributed by atoms with Crippen LogP contribution in [0.1, 0.15) is 49.7 Å². The second-order valence-corrected chi connectivity index (χ2v) is 8.25. The highest BCUT2D eigenvalue weighted by molar-refractivity contribution is 6.30. The lowest BCUT2D eigenvalue weighted by atomic mass is 9.69. The van der Waals surface area contributed by atoms with Gasteiger partial charge in [-0.15, -0.1) is 0 Å². The summed E-state index contributed by atoms with van der Waals surface area (Å²) in [6, 6.07) is 17.4. The summed E-state index contributed by atoms with van der Waals surface area (Å²) in [5.74, 6) is -1.21. The van der Waals surface area contributed by atoms with Crippen LogP contribution >= 0.6 is 11.6 Å². The van der Waals surface area contributed by atoms with Crippen molar-refractivity contribution < 1.29 is 14.3 Å². The number of carbonyl (C=O) groups excluding carboxylic acids is 2. The van der Waals surface area contributed by atoms with Crippen LogP contribution < -0.4 is 0 Å². The number of esters is 1. The number of hydrogen-bond donors (Lipinski definition) is 0. The molecule has 1 aliphatic carbocycles. The zero-order valence-corrected chi connectivity index (χ0v) is 17.9. The van der Waals surface area contributed by atoms with Gasteiger partial charge in [0.15, 0.2) is 5.78 Å². The van der Waals surface area contributed by atoms with Crippen LogP contribution in [0.2, 0.25) is 5.02 Å². The first kappa shape index (κ1) is 20.5. The third-order valence-corrected chi connectivity index (χ3v) is 6.18. The van der Waals surface area contributed by atoms with E-state index in [1.54, 1.807) is 19.1 Å². The monoisotopic (exact) mass is 421 g/mol. The van der Waals surface area contributed by atoms with Crippen LogP contribution in [0.3, 0.4) is 0 Å². The summed E-state index contributed by atoms with van der Waals surface area (Å²) < 4.78 is 5.35. The average molecular weight is 422 g/mol. The van der Waals surface area contributed by atoms with Crippen molar-refractivity contribution in [2.24, 2.45) is 10.9 Å². The van der Waals surface area contributed by atoms with Gasteiger partial charge in [0.25, 0.3) is 0 Å². The Bertz CT molecular complexity index is 1020. The number of halogens is 1. The summed E-state index contributed by atoms with van der Waals surface area (Å²) in [6.07, 6.45) is 1.10. The Labute approximate surface area is 181 Å². The van der Waals surface area contributed by atoms with Crippen molar-refractivity contribution in [3.8, 4) is 0 Å². The molecule has 2 aromatic rings. The van der Waals surface area contributed by atoms with Crippen LogP contribution in [0.15, 0.2) is 70.9 Å². The van der Waals surface area contributed by atoms with Crippen LogP contribution in [-0.2, 0) is 14.3 Å². The van der Waals surface area contributed by atoms with Gasteiger partial charge in [-0.2, -0.15) is 0 Å². The lowest BCUT2D eigenvalue weighted by Crippen LogP contribution is -2.38. The van der Waals surface area contributed by atoms with Gasteiger partial charge >= 0.3 is 5.97 Å². The second kappa shape index (κ2) is 8.57. The zero-order chi connectivity index (χ0) is 21.3. The molecule has 3 unspecified atom stereocenters. The SMILES string of the molecule is CCOC(=O)C1C(C)=NC2=C(C(=O)CC(c3ccccc3)C2)C1c1ccc(Cl)cc1. The number of hydrogen-bond acceptors (Lipinski definition) is 4. The molecule has 0 amide bonds. The summed E-state index contributed by atoms with van der Waals surface area (Å²) >= 11 is 6.09. The second-order valence-electron chi connectivity index (χ2n) is 7.81. The minimum atomic E-state index is -0.609. The highest BCUT2D eigenvalue weighted by Gasteiger charge is 2.44. The third-order valence-electron chi connectivity index (χ3n) is 5.93. The fourth-order valence-electron chi connectivity index (χ4n) is 4.59. The van der Waals surface area contributed by atoms with E-state index in [9.17, 15) is 9.59 Å². The molecule has 0 radical (unpaired) electrons. The van der Waals surface area contributed by atoms with Gasteiger partial charge in [-0.25, -0.2) is 0 Å². The average Bonchev–Trinajstić information content (AvgIpc) is 2.74. The van der Waals surface area contributed by atoms with Crippen molar-refractivity contribution in [1.82, 2.24) is 0 Å². The van der Waals surface area contributed by atoms with Crippen LogP contribution in [0.4, 0.5) is 0 Å². The predicted molar refractivity (Wildman–Crippen MR) is 118 cm³/mol. The lowest BCUT2D eigenvalue weighted by molar-refractivity contribution is -0.146. The molecule has 30 heavy (non-hydrogen) atoms. The van der Waals surface area contributed by atoms with Crippen molar-refractivity contribution in [2.75, 3.05) is 6.61 Å². The predicted octanol–water partition coefficient (Wildman–Crippen LogP) is 5.48. The van der Waals surface area contributed by atoms with Gasteiger partial charge in [-0.05, 0) is 49.4 Å². The van der Waals surface area contributed by atoms with E-state index < -0.39 is 11.8 Å². The first-order chi connectivity index (χ1) is 14.5. The Morgan fingerprint density at radius 3 is 2.43 bits per heavy atom. The first-order valence-electron chi connectivity index (χ1n) is 10.3. The molecule has 0 spiro atoms. The maximum absolute atomic E-state index is 13.4. The van der Waals surface area contributed by atoms with Crippen LogP contribution in [0, 0.1) is 5.92 Å². The smallest absolute Gasteiger partial charge is 0.315 e. The van der Waals surface area contributed by atoms with Gasteiger partial charge in [-0.1, -0.05) is 54.1 Å². The van der Waals surface area contributed by atoms with Crippen LogP contribution in [-0.4, -0.2) is 24.1 Å². The molecule has 5 heteroatoms. The normalized spacial score (nSPS) is 23.6. The van der Waals surface area contributed by atoms with Crippen molar-refractivity contribution in [1.29, 1.82) is 0 Å². The Kier molecular flexibility index (Phi) is 5.87. The number of benzene rings is 2. The molecule has 0 N–H and O–H groups in total. The number of aliphatic imine (C=N–C) groups is 1. The van der Waals surface area contributed by atoms with Gasteiger partial charge in [0.05, 0.1) is 6.61 Å². The van der Waals surface area contributed by atoms with E-state index in [-0.39, 0.29) is 24.3 Å². The number of Topliss-reactive ketones (excluding diaryl/α,β-unsaturated/α-hetero) is 1. The molecule has 1 aliphatic heterocycles. The maximum Gasteiger partial charge on any atom is 0.315 e. The molecular weight excluding hydrogens is 398 g/mol. The number of nitrogens with zero attached hydrogens (tertiary/aromatic N) is 1. The molecule has 0 aromatic heterocycles. The van der Waals surface area contributed by atoms with Gasteiger partial charge in [0.1, 0.15) is 5.92 Å². The van der Waals surface area contributed by atoms with Gasteiger partial charge in [0, 0.05) is 34.3 Å². The summed E-state index contributed by atoms with van der Waals surface area (Å²) in [5, 5.41) is 0.612. The van der Waals surface area contributed by atoms with Crippen molar-refractivity contribution in [2.45, 2.75) is 38.5 Å². The molecule has 0 fully saturated rings. The molecule has 1 heterocycles. The molecule has 0 bridgehead atoms. The Morgan fingerprint density at radius 1 is 1.07 bits per heavy atom. The fourth-order valence-corrected chi connectivity index (χ4v) is 4.71. The molecule has 2 aromatic carbocycles. The van der Waals surface area contributed by atoms with Crippen molar-refractivity contribution in [3.05, 3.63) is 82.0 Å². The Hall–Kier alpha value is -2.72. The van der Waals surface area contributed by atoms with E-state index >= 15 is 0 Å². The summed E-state index contributed by atoms with van der Waals surface area (Å²) in [4.78, 5) is 31.0. The molecule has 4 nitrogen and oxygen atoms in total. The molecule has 4 rings (SSSR count). The largest absolute Gasteiger partial charge is 0.465 e. The first-order valence-corrected chi connectivity index (χ1v) is 10.7. The maximum atomic E-state index is 13.4. The molecule has 0 saturated carbocycles. The van der Waals surface area contributed by atoms with Gasteiger partial charge in [-0.3, -0.25) is 14.6 Å². The standard InChI is InChI=1S/C25H24ClNO3/c1-3-30-25(29)22-15(2)27-20-13-18(16-7-5-4-6-8-16)14-21(28)24(20)23(22)17-9-11-19(26)12-10-17/h4-12,18,22-23H,3,13-14H2,1-2H3. The summed E-state index contributed by atoms with van der Waals surface area (Å²) in [6.45, 7) is 3.92. The van der Waals surface area contributed by atoms with Crippen molar-refractivity contribution in [3.63, 3.8) is 0 Å². The zero-order valence-electron chi connectivity index (χ0n) is 17.1. The highest BCUT2D eigenvalue weighted by Crippen LogP contribution is 2.46. The topological polar surface area (TPSA) is 55.7 Å². The Morgan fingerprint density at radius 2 is 1.77 bits per heavy atom. The summed E-state index contributed by atoms with van der Waals surface area (Å²) in [5.41, 5.74) is 4.14. The van der Waals surface area contributed by atoms with E-state index in [1.165, 1.54) is 0 Å². The summed E-state index contributed by atoms with van der Waals surface area (Å²) in [7, 11) is 0. The van der Waals surface area contributed by atoms with Crippen molar-refractivity contribution >= 4 is 29.1 Å². The Balaban J connectivity index is 1.80. The van der Waals surface area contributed by atoms with Crippen LogP contribution in [0.25, 0.3) is 0 Å². The van der Waals surface area contributed by atoms with Gasteiger partial charge < -0.3 is 4.74 Å². The highest BCUT2D eigenvalue weighted by atomic mass is 35.5. The van der Waals surface area contributed by atoms with E-state index in [4.69, 9.17) is 21.3 Å². The quantitative estimate of drug-likeness (QED) is 0.614. The number of ketones is 1. The van der Waals surface area contributed by atoms with E-state index in [2.05, 4.69) is 12.1 Å².